The monoisotopic (exact) mass is 206 g/mol. The minimum atomic E-state index is 0.239. The number of rotatable bonds is 3. The molecule has 0 spiro atoms. The first-order valence-corrected chi connectivity index (χ1v) is 5.81. The Balaban J connectivity index is 1.89. The van der Waals surface area contributed by atoms with Crippen molar-refractivity contribution in [3.8, 4) is 0 Å². The minimum Gasteiger partial charge on any atom is -0.472 e. The number of ketones is 1. The second kappa shape index (κ2) is 4.65. The molecule has 2 atom stereocenters. The van der Waals surface area contributed by atoms with Gasteiger partial charge in [-0.05, 0) is 30.7 Å². The van der Waals surface area contributed by atoms with Crippen molar-refractivity contribution in [2.45, 2.75) is 39.0 Å². The quantitative estimate of drug-likeness (QED) is 0.706. The van der Waals surface area contributed by atoms with Crippen LogP contribution in [0.4, 0.5) is 0 Å². The van der Waals surface area contributed by atoms with Crippen LogP contribution in [0.1, 0.15) is 49.4 Å². The van der Waals surface area contributed by atoms with Crippen molar-refractivity contribution in [3.05, 3.63) is 24.2 Å². The molecule has 0 radical (unpaired) electrons. The van der Waals surface area contributed by atoms with E-state index in [1.807, 2.05) is 0 Å². The molecule has 2 rings (SSSR count). The van der Waals surface area contributed by atoms with Crippen LogP contribution in [-0.2, 0) is 0 Å². The van der Waals surface area contributed by atoms with Gasteiger partial charge in [0.05, 0.1) is 11.8 Å². The molecule has 0 bridgehead atoms. The Kier molecular flexibility index (Phi) is 3.24. The molecule has 0 aliphatic heterocycles. The van der Waals surface area contributed by atoms with Crippen molar-refractivity contribution in [2.75, 3.05) is 0 Å². The Bertz CT molecular complexity index is 313. The van der Waals surface area contributed by atoms with Gasteiger partial charge in [-0.15, -0.1) is 0 Å². The maximum Gasteiger partial charge on any atom is 0.166 e. The molecular weight excluding hydrogens is 188 g/mol. The zero-order valence-electron chi connectivity index (χ0n) is 9.24. The number of hydrogen-bond acceptors (Lipinski definition) is 2. The number of carbonyl (C=O) groups is 1. The van der Waals surface area contributed by atoms with E-state index >= 15 is 0 Å². The van der Waals surface area contributed by atoms with Gasteiger partial charge in [0.1, 0.15) is 6.26 Å². The highest BCUT2D eigenvalue weighted by Crippen LogP contribution is 2.31. The van der Waals surface area contributed by atoms with Crippen molar-refractivity contribution in [1.82, 2.24) is 0 Å². The molecule has 1 heterocycles. The maximum atomic E-state index is 11.8. The molecule has 1 aromatic heterocycles. The molecule has 1 fully saturated rings. The van der Waals surface area contributed by atoms with Gasteiger partial charge >= 0.3 is 0 Å². The Morgan fingerprint density at radius 1 is 1.53 bits per heavy atom. The molecule has 1 saturated carbocycles. The van der Waals surface area contributed by atoms with E-state index in [0.717, 1.165) is 11.5 Å². The average Bonchev–Trinajstić information content (AvgIpc) is 2.70. The number of furan rings is 1. The molecule has 2 nitrogen and oxygen atoms in total. The third kappa shape index (κ3) is 2.71. The zero-order chi connectivity index (χ0) is 10.7. The summed E-state index contributed by atoms with van der Waals surface area (Å²) in [6, 6.07) is 1.76. The standard InChI is InChI=1S/C13H18O2/c1-10-3-2-4-11(7-10)8-13(14)12-5-6-15-9-12/h5-6,9-11H,2-4,7-8H2,1H3. The van der Waals surface area contributed by atoms with Gasteiger partial charge in [0, 0.05) is 6.42 Å². The molecule has 1 aromatic rings. The van der Waals surface area contributed by atoms with Crippen LogP contribution in [-0.4, -0.2) is 5.78 Å². The Morgan fingerprint density at radius 2 is 2.40 bits per heavy atom. The summed E-state index contributed by atoms with van der Waals surface area (Å²) in [4.78, 5) is 11.8. The van der Waals surface area contributed by atoms with E-state index in [9.17, 15) is 4.79 Å². The Morgan fingerprint density at radius 3 is 3.07 bits per heavy atom. The minimum absolute atomic E-state index is 0.239. The Labute approximate surface area is 90.7 Å². The molecule has 2 unspecified atom stereocenters. The van der Waals surface area contributed by atoms with Crippen molar-refractivity contribution in [3.63, 3.8) is 0 Å². The summed E-state index contributed by atoms with van der Waals surface area (Å²) in [5.41, 5.74) is 0.730. The summed E-state index contributed by atoms with van der Waals surface area (Å²) in [6.45, 7) is 2.29. The number of Topliss-reactive ketones (excluding diaryl/α,β-unsaturated/α-hetero) is 1. The van der Waals surface area contributed by atoms with Crippen LogP contribution in [0, 0.1) is 11.8 Å². The van der Waals surface area contributed by atoms with E-state index in [2.05, 4.69) is 6.92 Å². The van der Waals surface area contributed by atoms with Gasteiger partial charge in [-0.1, -0.05) is 19.8 Å². The lowest BCUT2D eigenvalue weighted by Gasteiger charge is -2.25. The second-order valence-corrected chi connectivity index (χ2v) is 4.78. The van der Waals surface area contributed by atoms with E-state index in [-0.39, 0.29) is 5.78 Å². The molecule has 0 saturated heterocycles. The Hall–Kier alpha value is -1.05. The van der Waals surface area contributed by atoms with E-state index < -0.39 is 0 Å². The SMILES string of the molecule is CC1CCCC(CC(=O)c2ccoc2)C1. The summed E-state index contributed by atoms with van der Waals surface area (Å²) in [6.07, 6.45) is 8.85. The molecule has 0 aromatic carbocycles. The maximum absolute atomic E-state index is 11.8. The van der Waals surface area contributed by atoms with Crippen molar-refractivity contribution >= 4 is 5.78 Å². The molecule has 0 N–H and O–H groups in total. The molecule has 15 heavy (non-hydrogen) atoms. The summed E-state index contributed by atoms with van der Waals surface area (Å²) in [5.74, 6) is 1.62. The van der Waals surface area contributed by atoms with Crippen LogP contribution in [0.3, 0.4) is 0 Å². The fourth-order valence-electron chi connectivity index (χ4n) is 2.55. The number of hydrogen-bond donors (Lipinski definition) is 0. The smallest absolute Gasteiger partial charge is 0.166 e. The van der Waals surface area contributed by atoms with Gasteiger partial charge in [0.2, 0.25) is 0 Å². The molecule has 82 valence electrons. The molecule has 2 heteroatoms. The number of carbonyl (C=O) groups excluding carboxylic acids is 1. The predicted octanol–water partition coefficient (Wildman–Crippen LogP) is 3.68. The lowest BCUT2D eigenvalue weighted by atomic mass is 9.79. The zero-order valence-corrected chi connectivity index (χ0v) is 9.24. The second-order valence-electron chi connectivity index (χ2n) is 4.78. The first kappa shape index (κ1) is 10.5. The first-order chi connectivity index (χ1) is 7.25. The molecular formula is C13H18O2. The lowest BCUT2D eigenvalue weighted by Crippen LogP contribution is -2.16. The summed E-state index contributed by atoms with van der Waals surface area (Å²) >= 11 is 0. The highest BCUT2D eigenvalue weighted by molar-refractivity contribution is 5.95. The molecule has 1 aliphatic rings. The van der Waals surface area contributed by atoms with Crippen LogP contribution < -0.4 is 0 Å². The third-order valence-electron chi connectivity index (χ3n) is 3.36. The van der Waals surface area contributed by atoms with Gasteiger partial charge < -0.3 is 4.42 Å². The summed E-state index contributed by atoms with van der Waals surface area (Å²) < 4.78 is 4.93. The summed E-state index contributed by atoms with van der Waals surface area (Å²) in [5, 5.41) is 0. The van der Waals surface area contributed by atoms with Crippen molar-refractivity contribution in [1.29, 1.82) is 0 Å². The highest BCUT2D eigenvalue weighted by atomic mass is 16.3. The highest BCUT2D eigenvalue weighted by Gasteiger charge is 2.22. The van der Waals surface area contributed by atoms with Crippen LogP contribution in [0.15, 0.2) is 23.0 Å². The van der Waals surface area contributed by atoms with Gasteiger partial charge in [-0.25, -0.2) is 0 Å². The van der Waals surface area contributed by atoms with E-state index in [1.165, 1.54) is 25.7 Å². The average molecular weight is 206 g/mol. The van der Waals surface area contributed by atoms with E-state index in [0.29, 0.717) is 12.3 Å². The van der Waals surface area contributed by atoms with E-state index in [1.54, 1.807) is 18.6 Å². The van der Waals surface area contributed by atoms with Crippen LogP contribution in [0.25, 0.3) is 0 Å². The third-order valence-corrected chi connectivity index (χ3v) is 3.36. The molecule has 1 aliphatic carbocycles. The fourth-order valence-corrected chi connectivity index (χ4v) is 2.55. The van der Waals surface area contributed by atoms with Crippen LogP contribution >= 0.6 is 0 Å². The van der Waals surface area contributed by atoms with Crippen molar-refractivity contribution < 1.29 is 9.21 Å². The van der Waals surface area contributed by atoms with Crippen LogP contribution in [0.2, 0.25) is 0 Å². The van der Waals surface area contributed by atoms with Gasteiger partial charge in [0.25, 0.3) is 0 Å². The van der Waals surface area contributed by atoms with Crippen molar-refractivity contribution in [2.24, 2.45) is 11.8 Å². The van der Waals surface area contributed by atoms with Gasteiger partial charge in [0.15, 0.2) is 5.78 Å². The lowest BCUT2D eigenvalue weighted by molar-refractivity contribution is 0.0941. The van der Waals surface area contributed by atoms with Crippen LogP contribution in [0.5, 0.6) is 0 Å². The first-order valence-electron chi connectivity index (χ1n) is 5.81. The van der Waals surface area contributed by atoms with Gasteiger partial charge in [-0.3, -0.25) is 4.79 Å². The topological polar surface area (TPSA) is 30.2 Å². The predicted molar refractivity (Wildman–Crippen MR) is 58.8 cm³/mol. The van der Waals surface area contributed by atoms with Gasteiger partial charge in [-0.2, -0.15) is 0 Å². The molecule has 0 amide bonds. The summed E-state index contributed by atoms with van der Waals surface area (Å²) in [7, 11) is 0. The normalized spacial score (nSPS) is 26.5. The van der Waals surface area contributed by atoms with E-state index in [4.69, 9.17) is 4.42 Å². The fraction of sp³-hybridized carbons (Fsp3) is 0.615. The largest absolute Gasteiger partial charge is 0.472 e.